The number of hydrogen-bond donors (Lipinski definition) is 2. The molecule has 0 spiro atoms. The summed E-state index contributed by atoms with van der Waals surface area (Å²) in [6, 6.07) is 5.75. The molecule has 132 valence electrons. The summed E-state index contributed by atoms with van der Waals surface area (Å²) in [5.41, 5.74) is 1.78. The summed E-state index contributed by atoms with van der Waals surface area (Å²) in [6.07, 6.45) is 4.48. The number of H-pyrrole nitrogens is 1. The molecule has 7 heteroatoms. The number of unbranched alkanes of at least 4 members (excludes halogenated alkanes) is 1. The van der Waals surface area contributed by atoms with Crippen LogP contribution in [0.5, 0.6) is 11.5 Å². The second-order valence-corrected chi connectivity index (χ2v) is 5.70. The molecule has 2 heterocycles. The maximum Gasteiger partial charge on any atom is 0.163 e. The van der Waals surface area contributed by atoms with Crippen LogP contribution in [-0.2, 0) is 6.42 Å². The van der Waals surface area contributed by atoms with Gasteiger partial charge in [-0.3, -0.25) is 5.10 Å². The Kier molecular flexibility index (Phi) is 5.33. The lowest BCUT2D eigenvalue weighted by molar-refractivity contribution is 0.289. The van der Waals surface area contributed by atoms with Crippen LogP contribution in [-0.4, -0.2) is 33.9 Å². The van der Waals surface area contributed by atoms with Gasteiger partial charge in [0, 0.05) is 17.5 Å². The van der Waals surface area contributed by atoms with Crippen LogP contribution in [0, 0.1) is 0 Å². The van der Waals surface area contributed by atoms with Crippen molar-refractivity contribution < 1.29 is 9.47 Å². The molecule has 0 amide bonds. The van der Waals surface area contributed by atoms with E-state index in [4.69, 9.17) is 9.47 Å². The van der Waals surface area contributed by atoms with Crippen molar-refractivity contribution in [3.8, 4) is 11.5 Å². The molecule has 0 fully saturated rings. The number of benzene rings is 1. The molecule has 0 bridgehead atoms. The van der Waals surface area contributed by atoms with Gasteiger partial charge in [0.25, 0.3) is 0 Å². The Bertz CT molecular complexity index is 847. The number of aromatic amines is 1. The molecular formula is C18H23N5O2. The quantitative estimate of drug-likeness (QED) is 0.605. The van der Waals surface area contributed by atoms with Crippen molar-refractivity contribution in [1.82, 2.24) is 20.2 Å². The molecule has 3 aromatic rings. The average Bonchev–Trinajstić information content (AvgIpc) is 3.09. The molecule has 7 nitrogen and oxygen atoms in total. The predicted octanol–water partition coefficient (Wildman–Crippen LogP) is 3.85. The van der Waals surface area contributed by atoms with E-state index < -0.39 is 0 Å². The largest absolute Gasteiger partial charge is 0.493 e. The first-order valence-corrected chi connectivity index (χ1v) is 8.52. The standard InChI is InChI=1S/C18H23N5O2/c1-4-6-7-25-16-10-14-13(9-15(16)24-3)18(20-11-19-14)21-17-8-12(5-2)22-23-17/h8-11H,4-7H2,1-3H3,(H2,19,20,21,22,23). The molecule has 0 aliphatic rings. The molecule has 25 heavy (non-hydrogen) atoms. The van der Waals surface area contributed by atoms with Gasteiger partial charge in [0.05, 0.1) is 24.9 Å². The van der Waals surface area contributed by atoms with E-state index >= 15 is 0 Å². The predicted molar refractivity (Wildman–Crippen MR) is 97.7 cm³/mol. The fourth-order valence-electron chi connectivity index (χ4n) is 2.50. The molecule has 0 aliphatic carbocycles. The molecule has 0 radical (unpaired) electrons. The molecule has 2 aromatic heterocycles. The van der Waals surface area contributed by atoms with Crippen LogP contribution in [0.4, 0.5) is 11.6 Å². The van der Waals surface area contributed by atoms with Crippen LogP contribution in [0.1, 0.15) is 32.4 Å². The molecule has 2 N–H and O–H groups in total. The normalized spacial score (nSPS) is 10.8. The van der Waals surface area contributed by atoms with Crippen molar-refractivity contribution in [1.29, 1.82) is 0 Å². The molecule has 0 unspecified atom stereocenters. The second-order valence-electron chi connectivity index (χ2n) is 5.70. The van der Waals surface area contributed by atoms with E-state index in [0.717, 1.165) is 41.7 Å². The third-order valence-electron chi connectivity index (χ3n) is 3.92. The maximum atomic E-state index is 5.83. The number of aromatic nitrogens is 4. The van der Waals surface area contributed by atoms with Gasteiger partial charge in [0.2, 0.25) is 0 Å². The third kappa shape index (κ3) is 3.81. The summed E-state index contributed by atoms with van der Waals surface area (Å²) in [4.78, 5) is 8.71. The molecule has 0 saturated carbocycles. The van der Waals surface area contributed by atoms with Crippen LogP contribution in [0.2, 0.25) is 0 Å². The second kappa shape index (κ2) is 7.83. The highest BCUT2D eigenvalue weighted by molar-refractivity contribution is 5.92. The van der Waals surface area contributed by atoms with Crippen molar-refractivity contribution >= 4 is 22.5 Å². The van der Waals surface area contributed by atoms with Crippen molar-refractivity contribution in [3.05, 3.63) is 30.2 Å². The number of fused-ring (bicyclic) bond motifs is 1. The zero-order valence-electron chi connectivity index (χ0n) is 14.8. The van der Waals surface area contributed by atoms with Crippen molar-refractivity contribution in [3.63, 3.8) is 0 Å². The molecule has 3 rings (SSSR count). The van der Waals surface area contributed by atoms with Crippen molar-refractivity contribution in [2.75, 3.05) is 19.0 Å². The Labute approximate surface area is 146 Å². The topological polar surface area (TPSA) is 85.0 Å². The minimum absolute atomic E-state index is 0.655. The van der Waals surface area contributed by atoms with E-state index in [1.54, 1.807) is 7.11 Å². The number of ether oxygens (including phenoxy) is 2. The van der Waals surface area contributed by atoms with E-state index in [9.17, 15) is 0 Å². The summed E-state index contributed by atoms with van der Waals surface area (Å²) >= 11 is 0. The van der Waals surface area contributed by atoms with Crippen LogP contribution in [0.3, 0.4) is 0 Å². The van der Waals surface area contributed by atoms with Crippen LogP contribution < -0.4 is 14.8 Å². The summed E-state index contributed by atoms with van der Waals surface area (Å²) in [6.45, 7) is 4.85. The first-order chi connectivity index (χ1) is 12.2. The number of rotatable bonds is 8. The van der Waals surface area contributed by atoms with Gasteiger partial charge in [-0.05, 0) is 18.9 Å². The highest BCUT2D eigenvalue weighted by atomic mass is 16.5. The fraction of sp³-hybridized carbons (Fsp3) is 0.389. The number of aryl methyl sites for hydroxylation is 1. The monoisotopic (exact) mass is 341 g/mol. The van der Waals surface area contributed by atoms with E-state index in [2.05, 4.69) is 39.3 Å². The molecular weight excluding hydrogens is 318 g/mol. The third-order valence-corrected chi connectivity index (χ3v) is 3.92. The number of nitrogens with zero attached hydrogens (tertiary/aromatic N) is 3. The van der Waals surface area contributed by atoms with Gasteiger partial charge >= 0.3 is 0 Å². The van der Waals surface area contributed by atoms with Crippen LogP contribution >= 0.6 is 0 Å². The lowest BCUT2D eigenvalue weighted by Crippen LogP contribution is -2.01. The SMILES string of the molecule is CCCCOc1cc2ncnc(Nc3cc(CC)n[nH]3)c2cc1OC. The Morgan fingerprint density at radius 1 is 1.12 bits per heavy atom. The van der Waals surface area contributed by atoms with Crippen molar-refractivity contribution in [2.45, 2.75) is 33.1 Å². The summed E-state index contributed by atoms with van der Waals surface area (Å²) < 4.78 is 11.3. The molecule has 0 aliphatic heterocycles. The van der Waals surface area contributed by atoms with E-state index in [1.807, 2.05) is 18.2 Å². The Morgan fingerprint density at radius 2 is 2.00 bits per heavy atom. The summed E-state index contributed by atoms with van der Waals surface area (Å²) in [5, 5.41) is 11.3. The number of hydrogen-bond acceptors (Lipinski definition) is 6. The number of nitrogens with one attached hydrogen (secondary N) is 2. The lowest BCUT2D eigenvalue weighted by atomic mass is 10.2. The summed E-state index contributed by atoms with van der Waals surface area (Å²) in [5.74, 6) is 2.84. The zero-order chi connectivity index (χ0) is 17.6. The Hall–Kier alpha value is -2.83. The number of methoxy groups -OCH3 is 1. The van der Waals surface area contributed by atoms with Gasteiger partial charge in [0.15, 0.2) is 11.5 Å². The van der Waals surface area contributed by atoms with Crippen molar-refractivity contribution in [2.24, 2.45) is 0 Å². The van der Waals surface area contributed by atoms with Gasteiger partial charge in [-0.15, -0.1) is 0 Å². The van der Waals surface area contributed by atoms with Crippen LogP contribution in [0.15, 0.2) is 24.5 Å². The Morgan fingerprint density at radius 3 is 2.72 bits per heavy atom. The van der Waals surface area contributed by atoms with E-state index in [1.165, 1.54) is 6.33 Å². The van der Waals surface area contributed by atoms with Crippen LogP contribution in [0.25, 0.3) is 10.9 Å². The lowest BCUT2D eigenvalue weighted by Gasteiger charge is -2.13. The van der Waals surface area contributed by atoms with E-state index in [0.29, 0.717) is 23.9 Å². The fourth-order valence-corrected chi connectivity index (χ4v) is 2.50. The minimum Gasteiger partial charge on any atom is -0.493 e. The number of anilines is 2. The highest BCUT2D eigenvalue weighted by Crippen LogP contribution is 2.34. The smallest absolute Gasteiger partial charge is 0.163 e. The van der Waals surface area contributed by atoms with Gasteiger partial charge in [-0.25, -0.2) is 9.97 Å². The molecule has 0 saturated heterocycles. The maximum absolute atomic E-state index is 5.83. The zero-order valence-corrected chi connectivity index (χ0v) is 14.8. The molecule has 1 aromatic carbocycles. The van der Waals surface area contributed by atoms with Gasteiger partial charge in [0.1, 0.15) is 18.0 Å². The van der Waals surface area contributed by atoms with Gasteiger partial charge in [-0.2, -0.15) is 5.10 Å². The van der Waals surface area contributed by atoms with Gasteiger partial charge < -0.3 is 14.8 Å². The minimum atomic E-state index is 0.655. The first-order valence-electron chi connectivity index (χ1n) is 8.52. The summed E-state index contributed by atoms with van der Waals surface area (Å²) in [7, 11) is 1.63. The van der Waals surface area contributed by atoms with E-state index in [-0.39, 0.29) is 0 Å². The molecule has 0 atom stereocenters. The highest BCUT2D eigenvalue weighted by Gasteiger charge is 2.12. The first kappa shape index (κ1) is 17.0. The average molecular weight is 341 g/mol. The Balaban J connectivity index is 1.94. The van der Waals surface area contributed by atoms with Gasteiger partial charge in [-0.1, -0.05) is 20.3 Å².